The summed E-state index contributed by atoms with van der Waals surface area (Å²) in [5.41, 5.74) is 0.241. The van der Waals surface area contributed by atoms with Gasteiger partial charge in [-0.3, -0.25) is 18.7 Å². The van der Waals surface area contributed by atoms with Crippen LogP contribution in [0.15, 0.2) is 70.4 Å². The van der Waals surface area contributed by atoms with Gasteiger partial charge in [0.1, 0.15) is 18.0 Å². The minimum Gasteiger partial charge on any atom is -0.497 e. The quantitative estimate of drug-likeness (QED) is 0.658. The lowest BCUT2D eigenvalue weighted by Gasteiger charge is -2.12. The first-order valence-corrected chi connectivity index (χ1v) is 8.87. The Kier molecular flexibility index (Phi) is 6.13. The Morgan fingerprint density at radius 3 is 2.24 bits per heavy atom. The molecule has 0 spiro atoms. The van der Waals surface area contributed by atoms with E-state index in [0.29, 0.717) is 23.7 Å². The first kappa shape index (κ1) is 19.9. The van der Waals surface area contributed by atoms with Crippen LogP contribution in [0.1, 0.15) is 5.56 Å². The third kappa shape index (κ3) is 4.92. The molecule has 8 heteroatoms. The van der Waals surface area contributed by atoms with Crippen LogP contribution in [0.3, 0.4) is 0 Å². The molecule has 1 aromatic heterocycles. The number of hydrogen-bond acceptors (Lipinski definition) is 5. The van der Waals surface area contributed by atoms with Gasteiger partial charge in [0.2, 0.25) is 5.91 Å². The van der Waals surface area contributed by atoms with E-state index in [1.54, 1.807) is 18.2 Å². The fourth-order valence-corrected chi connectivity index (χ4v) is 2.83. The first-order chi connectivity index (χ1) is 14.0. The van der Waals surface area contributed by atoms with E-state index in [9.17, 15) is 14.4 Å². The van der Waals surface area contributed by atoms with Gasteiger partial charge in [0.05, 0.1) is 20.8 Å². The van der Waals surface area contributed by atoms with Crippen molar-refractivity contribution < 1.29 is 14.3 Å². The Morgan fingerprint density at radius 1 is 0.966 bits per heavy atom. The predicted molar refractivity (Wildman–Crippen MR) is 109 cm³/mol. The number of carbonyl (C=O) groups excluding carboxylic acids is 1. The summed E-state index contributed by atoms with van der Waals surface area (Å²) in [5, 5.41) is 2.66. The smallest absolute Gasteiger partial charge is 0.331 e. The highest BCUT2D eigenvalue weighted by Crippen LogP contribution is 2.25. The zero-order valence-electron chi connectivity index (χ0n) is 16.1. The molecule has 0 aliphatic heterocycles. The lowest BCUT2D eigenvalue weighted by molar-refractivity contribution is -0.116. The molecule has 1 heterocycles. The highest BCUT2D eigenvalue weighted by atomic mass is 16.5. The van der Waals surface area contributed by atoms with Crippen molar-refractivity contribution in [3.8, 4) is 11.5 Å². The van der Waals surface area contributed by atoms with Crippen molar-refractivity contribution in [2.45, 2.75) is 13.1 Å². The fourth-order valence-electron chi connectivity index (χ4n) is 2.83. The van der Waals surface area contributed by atoms with Crippen LogP contribution in [-0.2, 0) is 17.9 Å². The molecular formula is C21H21N3O5. The molecule has 1 N–H and O–H groups in total. The normalized spacial score (nSPS) is 10.4. The standard InChI is InChI=1S/C21H21N3O5/c1-28-17-10-16(11-18(12-17)29-2)22-19(25)14-24-20(26)8-9-23(21(24)27)13-15-6-4-3-5-7-15/h3-12H,13-14H2,1-2H3,(H,22,25). The van der Waals surface area contributed by atoms with Crippen molar-refractivity contribution >= 4 is 11.6 Å². The number of ether oxygens (including phenoxy) is 2. The number of methoxy groups -OCH3 is 2. The van der Waals surface area contributed by atoms with Crippen molar-refractivity contribution in [1.29, 1.82) is 0 Å². The number of rotatable bonds is 7. The van der Waals surface area contributed by atoms with Gasteiger partial charge in [-0.2, -0.15) is 0 Å². The van der Waals surface area contributed by atoms with Gasteiger partial charge in [-0.15, -0.1) is 0 Å². The maximum atomic E-state index is 12.7. The second-order valence-corrected chi connectivity index (χ2v) is 6.29. The van der Waals surface area contributed by atoms with Gasteiger partial charge in [-0.05, 0) is 5.56 Å². The summed E-state index contributed by atoms with van der Waals surface area (Å²) in [5.74, 6) is 0.487. The zero-order chi connectivity index (χ0) is 20.8. The summed E-state index contributed by atoms with van der Waals surface area (Å²) in [7, 11) is 3.00. The Labute approximate surface area is 166 Å². The van der Waals surface area contributed by atoms with E-state index in [1.165, 1.54) is 31.0 Å². The lowest BCUT2D eigenvalue weighted by atomic mass is 10.2. The molecule has 0 atom stereocenters. The molecule has 29 heavy (non-hydrogen) atoms. The van der Waals surface area contributed by atoms with Crippen LogP contribution in [0.5, 0.6) is 11.5 Å². The van der Waals surface area contributed by atoms with Gasteiger partial charge >= 0.3 is 5.69 Å². The fraction of sp³-hybridized carbons (Fsp3) is 0.190. The van der Waals surface area contributed by atoms with Gasteiger partial charge in [-0.25, -0.2) is 4.79 Å². The summed E-state index contributed by atoms with van der Waals surface area (Å²) in [4.78, 5) is 37.3. The third-order valence-electron chi connectivity index (χ3n) is 4.27. The molecule has 2 aromatic carbocycles. The molecule has 1 amide bonds. The number of benzene rings is 2. The van der Waals surface area contributed by atoms with Gasteiger partial charge in [-0.1, -0.05) is 30.3 Å². The summed E-state index contributed by atoms with van der Waals surface area (Å²) in [6.07, 6.45) is 1.43. The highest BCUT2D eigenvalue weighted by molar-refractivity contribution is 5.91. The largest absolute Gasteiger partial charge is 0.497 e. The molecule has 0 fully saturated rings. The van der Waals surface area contributed by atoms with Gasteiger partial charge in [0, 0.05) is 36.1 Å². The van der Waals surface area contributed by atoms with Gasteiger partial charge in [0.25, 0.3) is 5.56 Å². The van der Waals surface area contributed by atoms with E-state index in [2.05, 4.69) is 5.32 Å². The molecular weight excluding hydrogens is 374 g/mol. The lowest BCUT2D eigenvalue weighted by Crippen LogP contribution is -2.41. The van der Waals surface area contributed by atoms with E-state index in [4.69, 9.17) is 9.47 Å². The SMILES string of the molecule is COc1cc(NC(=O)Cn2c(=O)ccn(Cc3ccccc3)c2=O)cc(OC)c1. The Balaban J connectivity index is 1.81. The van der Waals surface area contributed by atoms with E-state index in [-0.39, 0.29) is 0 Å². The molecule has 3 aromatic rings. The molecule has 3 rings (SSSR count). The molecule has 0 saturated heterocycles. The molecule has 0 saturated carbocycles. The number of amides is 1. The van der Waals surface area contributed by atoms with Crippen LogP contribution in [0, 0.1) is 0 Å². The monoisotopic (exact) mass is 395 g/mol. The van der Waals surface area contributed by atoms with E-state index in [1.807, 2.05) is 30.3 Å². The van der Waals surface area contributed by atoms with E-state index < -0.39 is 23.7 Å². The Hall–Kier alpha value is -3.81. The van der Waals surface area contributed by atoms with Crippen LogP contribution in [0.2, 0.25) is 0 Å². The Bertz CT molecular complexity index is 1100. The second-order valence-electron chi connectivity index (χ2n) is 6.29. The molecule has 0 radical (unpaired) electrons. The number of nitrogens with zero attached hydrogens (tertiary/aromatic N) is 2. The minimum atomic E-state index is -0.556. The van der Waals surface area contributed by atoms with Crippen molar-refractivity contribution in [2.24, 2.45) is 0 Å². The Morgan fingerprint density at radius 2 is 1.62 bits per heavy atom. The topological polar surface area (TPSA) is 91.6 Å². The number of aromatic nitrogens is 2. The summed E-state index contributed by atoms with van der Waals surface area (Å²) in [6, 6.07) is 15.5. The van der Waals surface area contributed by atoms with Gasteiger partial charge < -0.3 is 14.8 Å². The number of carbonyl (C=O) groups is 1. The van der Waals surface area contributed by atoms with Crippen LogP contribution in [-0.4, -0.2) is 29.3 Å². The average Bonchev–Trinajstić information content (AvgIpc) is 2.73. The minimum absolute atomic E-state index is 0.300. The van der Waals surface area contributed by atoms with Crippen LogP contribution < -0.4 is 26.0 Å². The van der Waals surface area contributed by atoms with Crippen molar-refractivity contribution in [3.63, 3.8) is 0 Å². The molecule has 0 aliphatic carbocycles. The number of anilines is 1. The molecule has 150 valence electrons. The van der Waals surface area contributed by atoms with Crippen LogP contribution in [0.25, 0.3) is 0 Å². The van der Waals surface area contributed by atoms with Crippen molar-refractivity contribution in [1.82, 2.24) is 9.13 Å². The maximum absolute atomic E-state index is 12.7. The summed E-state index contributed by atoms with van der Waals surface area (Å²) in [6.45, 7) is -0.110. The maximum Gasteiger partial charge on any atom is 0.331 e. The predicted octanol–water partition coefficient (Wildman–Crippen LogP) is 1.71. The van der Waals surface area contributed by atoms with E-state index in [0.717, 1.165) is 10.1 Å². The third-order valence-corrected chi connectivity index (χ3v) is 4.27. The number of hydrogen-bond donors (Lipinski definition) is 1. The van der Waals surface area contributed by atoms with E-state index >= 15 is 0 Å². The summed E-state index contributed by atoms with van der Waals surface area (Å²) >= 11 is 0. The van der Waals surface area contributed by atoms with Crippen molar-refractivity contribution in [3.05, 3.63) is 87.2 Å². The first-order valence-electron chi connectivity index (χ1n) is 8.87. The molecule has 0 aliphatic rings. The molecule has 8 nitrogen and oxygen atoms in total. The van der Waals surface area contributed by atoms with Gasteiger partial charge in [0.15, 0.2) is 0 Å². The highest BCUT2D eigenvalue weighted by Gasteiger charge is 2.12. The second kappa shape index (κ2) is 8.92. The van der Waals surface area contributed by atoms with Crippen LogP contribution >= 0.6 is 0 Å². The average molecular weight is 395 g/mol. The molecule has 0 unspecified atom stereocenters. The van der Waals surface area contributed by atoms with Crippen molar-refractivity contribution in [2.75, 3.05) is 19.5 Å². The van der Waals surface area contributed by atoms with Crippen LogP contribution in [0.4, 0.5) is 5.69 Å². The summed E-state index contributed by atoms with van der Waals surface area (Å²) < 4.78 is 12.6. The number of nitrogens with one attached hydrogen (secondary N) is 1. The molecule has 0 bridgehead atoms. The zero-order valence-corrected chi connectivity index (χ0v) is 16.1.